The number of nitrogens with one attached hydrogen (secondary N) is 1. The first-order valence-corrected chi connectivity index (χ1v) is 5.25. The monoisotopic (exact) mass is 234 g/mol. The molecule has 0 bridgehead atoms. The third-order valence-electron chi connectivity index (χ3n) is 2.79. The molecule has 0 aliphatic carbocycles. The molecule has 1 N–H and O–H groups in total. The highest BCUT2D eigenvalue weighted by molar-refractivity contribution is 9.07. The molecule has 2 aliphatic heterocycles. The summed E-state index contributed by atoms with van der Waals surface area (Å²) in [5, 5.41) is 3.58. The fourth-order valence-corrected chi connectivity index (χ4v) is 2.29. The van der Waals surface area contributed by atoms with Crippen LogP contribution in [0.5, 0.6) is 0 Å². The summed E-state index contributed by atoms with van der Waals surface area (Å²) in [7, 11) is 0. The van der Waals surface area contributed by atoms with E-state index >= 15 is 0 Å². The average molecular weight is 235 g/mol. The molecule has 2 aliphatic rings. The van der Waals surface area contributed by atoms with Gasteiger partial charge in [-0.1, -0.05) is 0 Å². The first-order chi connectivity index (χ1) is 5.81. The predicted molar refractivity (Wildman–Crippen MR) is 51.3 cm³/mol. The van der Waals surface area contributed by atoms with E-state index in [0.29, 0.717) is 5.54 Å². The van der Waals surface area contributed by atoms with E-state index in [-0.39, 0.29) is 0 Å². The summed E-state index contributed by atoms with van der Waals surface area (Å²) in [6.07, 6.45) is 2.39. The minimum absolute atomic E-state index is 0.294. The molecule has 1 spiro atoms. The Hall–Kier alpha value is 0.360. The van der Waals surface area contributed by atoms with Gasteiger partial charge in [-0.3, -0.25) is 0 Å². The lowest BCUT2D eigenvalue weighted by atomic mass is 9.88. The van der Waals surface area contributed by atoms with Gasteiger partial charge in [0.15, 0.2) is 0 Å². The van der Waals surface area contributed by atoms with Crippen molar-refractivity contribution in [3.63, 3.8) is 0 Å². The van der Waals surface area contributed by atoms with E-state index in [1.807, 2.05) is 0 Å². The van der Waals surface area contributed by atoms with E-state index in [1.54, 1.807) is 0 Å². The molecule has 2 rings (SSSR count). The van der Waals surface area contributed by atoms with Crippen LogP contribution in [0.1, 0.15) is 12.8 Å². The molecule has 2 fully saturated rings. The van der Waals surface area contributed by atoms with Gasteiger partial charge in [0, 0.05) is 41.3 Å². The van der Waals surface area contributed by atoms with Crippen LogP contribution in [0.4, 0.5) is 0 Å². The van der Waals surface area contributed by atoms with Gasteiger partial charge in [-0.2, -0.15) is 0 Å². The van der Waals surface area contributed by atoms with Crippen molar-refractivity contribution in [2.45, 2.75) is 18.4 Å². The van der Waals surface area contributed by atoms with Gasteiger partial charge in [0.25, 0.3) is 0 Å². The highest BCUT2D eigenvalue weighted by Gasteiger charge is 2.35. The van der Waals surface area contributed by atoms with E-state index in [2.05, 4.69) is 25.4 Å². The standard InChI is InChI=1S/C8H15BrN2O/c9-11-4-1-8(2-5-11)7-12-6-3-10-8/h10H,1-7H2. The second kappa shape index (κ2) is 3.62. The lowest BCUT2D eigenvalue weighted by Gasteiger charge is -2.42. The zero-order valence-corrected chi connectivity index (χ0v) is 8.77. The molecule has 0 atom stereocenters. The lowest BCUT2D eigenvalue weighted by Crippen LogP contribution is -2.58. The Labute approximate surface area is 81.8 Å². The maximum atomic E-state index is 5.50. The number of ether oxygens (including phenoxy) is 1. The molecule has 0 radical (unpaired) electrons. The molecule has 0 unspecified atom stereocenters. The minimum atomic E-state index is 0.294. The van der Waals surface area contributed by atoms with E-state index in [0.717, 1.165) is 32.8 Å². The Morgan fingerprint density at radius 1 is 1.33 bits per heavy atom. The second-order valence-corrected chi connectivity index (χ2v) is 4.67. The fourth-order valence-electron chi connectivity index (χ4n) is 1.94. The molecule has 3 nitrogen and oxygen atoms in total. The molecule has 0 saturated carbocycles. The Bertz CT molecular complexity index is 149. The molecular formula is C8H15BrN2O. The van der Waals surface area contributed by atoms with Crippen LogP contribution in [0.25, 0.3) is 0 Å². The summed E-state index contributed by atoms with van der Waals surface area (Å²) in [6, 6.07) is 0. The van der Waals surface area contributed by atoms with Crippen LogP contribution in [0.2, 0.25) is 0 Å². The van der Waals surface area contributed by atoms with Gasteiger partial charge < -0.3 is 10.1 Å². The fraction of sp³-hybridized carbons (Fsp3) is 1.00. The van der Waals surface area contributed by atoms with Gasteiger partial charge >= 0.3 is 0 Å². The highest BCUT2D eigenvalue weighted by atomic mass is 79.9. The largest absolute Gasteiger partial charge is 0.378 e. The molecule has 70 valence electrons. The molecular weight excluding hydrogens is 220 g/mol. The van der Waals surface area contributed by atoms with Crippen molar-refractivity contribution in [3.05, 3.63) is 0 Å². The van der Waals surface area contributed by atoms with Crippen molar-refractivity contribution in [2.24, 2.45) is 0 Å². The first kappa shape index (κ1) is 8.94. The van der Waals surface area contributed by atoms with Gasteiger partial charge in [-0.15, -0.1) is 0 Å². The van der Waals surface area contributed by atoms with E-state index < -0.39 is 0 Å². The zero-order chi connectivity index (χ0) is 8.44. The van der Waals surface area contributed by atoms with Gasteiger partial charge in [-0.25, -0.2) is 3.93 Å². The number of halogens is 1. The second-order valence-electron chi connectivity index (χ2n) is 3.67. The SMILES string of the molecule is BrN1CCC2(CC1)COCCN2. The Kier molecular flexibility index (Phi) is 2.69. The van der Waals surface area contributed by atoms with Crippen LogP contribution < -0.4 is 5.32 Å². The summed E-state index contributed by atoms with van der Waals surface area (Å²) in [5.41, 5.74) is 0.294. The summed E-state index contributed by atoms with van der Waals surface area (Å²) < 4.78 is 7.70. The number of rotatable bonds is 0. The summed E-state index contributed by atoms with van der Waals surface area (Å²) in [5.74, 6) is 0. The topological polar surface area (TPSA) is 24.5 Å². The van der Waals surface area contributed by atoms with Gasteiger partial charge in [-0.05, 0) is 12.8 Å². The van der Waals surface area contributed by atoms with Crippen molar-refractivity contribution in [3.8, 4) is 0 Å². The van der Waals surface area contributed by atoms with Gasteiger partial charge in [0.2, 0.25) is 0 Å². The minimum Gasteiger partial charge on any atom is -0.378 e. The molecule has 0 aromatic carbocycles. The van der Waals surface area contributed by atoms with Crippen molar-refractivity contribution in [1.82, 2.24) is 9.24 Å². The number of piperidine rings is 1. The van der Waals surface area contributed by atoms with Crippen LogP contribution in [0.15, 0.2) is 0 Å². The van der Waals surface area contributed by atoms with Crippen LogP contribution in [0.3, 0.4) is 0 Å². The van der Waals surface area contributed by atoms with Crippen LogP contribution in [-0.2, 0) is 4.74 Å². The maximum Gasteiger partial charge on any atom is 0.0649 e. The number of morpholine rings is 1. The summed E-state index contributed by atoms with van der Waals surface area (Å²) >= 11 is 3.50. The highest BCUT2D eigenvalue weighted by Crippen LogP contribution is 2.25. The van der Waals surface area contributed by atoms with Crippen LogP contribution >= 0.6 is 16.1 Å². The van der Waals surface area contributed by atoms with Gasteiger partial charge in [0.1, 0.15) is 0 Å². The van der Waals surface area contributed by atoms with Crippen molar-refractivity contribution in [2.75, 3.05) is 32.8 Å². The molecule has 4 heteroatoms. The Morgan fingerprint density at radius 2 is 2.08 bits per heavy atom. The molecule has 12 heavy (non-hydrogen) atoms. The lowest BCUT2D eigenvalue weighted by molar-refractivity contribution is 0.00616. The van der Waals surface area contributed by atoms with Crippen LogP contribution in [0, 0.1) is 0 Å². The Morgan fingerprint density at radius 3 is 2.67 bits per heavy atom. The Balaban J connectivity index is 1.92. The number of hydrogen-bond acceptors (Lipinski definition) is 3. The smallest absolute Gasteiger partial charge is 0.0649 e. The summed E-state index contributed by atoms with van der Waals surface area (Å²) in [6.45, 7) is 5.03. The average Bonchev–Trinajstić information content (AvgIpc) is 2.13. The number of nitrogens with zero attached hydrogens (tertiary/aromatic N) is 1. The first-order valence-electron chi connectivity index (χ1n) is 4.54. The van der Waals surface area contributed by atoms with Crippen molar-refractivity contribution >= 4 is 16.1 Å². The third-order valence-corrected chi connectivity index (χ3v) is 3.50. The number of hydrogen-bond donors (Lipinski definition) is 1. The maximum absolute atomic E-state index is 5.50. The molecule has 2 saturated heterocycles. The molecule has 0 amide bonds. The van der Waals surface area contributed by atoms with E-state index in [1.165, 1.54) is 12.8 Å². The summed E-state index contributed by atoms with van der Waals surface area (Å²) in [4.78, 5) is 0. The molecule has 0 aromatic heterocycles. The molecule has 0 aromatic rings. The van der Waals surface area contributed by atoms with E-state index in [4.69, 9.17) is 4.74 Å². The van der Waals surface area contributed by atoms with Crippen molar-refractivity contribution in [1.29, 1.82) is 0 Å². The predicted octanol–water partition coefficient (Wildman–Crippen LogP) is 0.751. The van der Waals surface area contributed by atoms with Crippen molar-refractivity contribution < 1.29 is 4.74 Å². The zero-order valence-electron chi connectivity index (χ0n) is 7.18. The van der Waals surface area contributed by atoms with E-state index in [9.17, 15) is 0 Å². The molecule has 2 heterocycles. The quantitative estimate of drug-likeness (QED) is 0.627. The van der Waals surface area contributed by atoms with Gasteiger partial charge in [0.05, 0.1) is 13.2 Å². The van der Waals surface area contributed by atoms with Crippen LogP contribution in [-0.4, -0.2) is 42.3 Å². The third kappa shape index (κ3) is 1.82. The normalized spacial score (nSPS) is 30.8.